The van der Waals surface area contributed by atoms with Crippen LogP contribution in [-0.2, 0) is 9.53 Å². The second-order valence-electron chi connectivity index (χ2n) is 2.47. The monoisotopic (exact) mass is 170 g/mol. The van der Waals surface area contributed by atoms with Crippen LogP contribution in [0.25, 0.3) is 0 Å². The van der Waals surface area contributed by atoms with Gasteiger partial charge in [-0.2, -0.15) is 5.26 Å². The molecule has 0 aliphatic rings. The Hall–Kier alpha value is -1.08. The Balaban J connectivity index is 3.48. The Morgan fingerprint density at radius 2 is 2.42 bits per heavy atom. The topological polar surface area (TPSA) is 76.1 Å². The maximum atomic E-state index is 10.8. The van der Waals surface area contributed by atoms with Crippen molar-refractivity contribution in [2.75, 3.05) is 6.61 Å². The summed E-state index contributed by atoms with van der Waals surface area (Å²) in [7, 11) is 0. The van der Waals surface area contributed by atoms with E-state index in [1.54, 1.807) is 6.92 Å². The average molecular weight is 170 g/mol. The van der Waals surface area contributed by atoms with Gasteiger partial charge in [0.25, 0.3) is 0 Å². The van der Waals surface area contributed by atoms with Crippen LogP contribution in [0.1, 0.15) is 26.2 Å². The normalized spacial score (nSPS) is 11.8. The fourth-order valence-corrected chi connectivity index (χ4v) is 0.786. The Labute approximate surface area is 72.3 Å². The van der Waals surface area contributed by atoms with Gasteiger partial charge in [0.2, 0.25) is 0 Å². The number of nitriles is 1. The molecule has 0 aromatic carbocycles. The molecule has 4 heteroatoms. The van der Waals surface area contributed by atoms with Crippen LogP contribution in [-0.4, -0.2) is 18.6 Å². The van der Waals surface area contributed by atoms with Crippen LogP contribution in [0.3, 0.4) is 0 Å². The lowest BCUT2D eigenvalue weighted by molar-refractivity contribution is -0.143. The van der Waals surface area contributed by atoms with E-state index in [9.17, 15) is 4.79 Å². The van der Waals surface area contributed by atoms with Gasteiger partial charge >= 0.3 is 5.97 Å². The molecule has 0 fully saturated rings. The lowest BCUT2D eigenvalue weighted by Crippen LogP contribution is -2.24. The number of carbonyl (C=O) groups is 1. The molecule has 1 unspecified atom stereocenters. The Morgan fingerprint density at radius 3 is 2.92 bits per heavy atom. The highest BCUT2D eigenvalue weighted by Gasteiger charge is 2.09. The minimum absolute atomic E-state index is 0.204. The van der Waals surface area contributed by atoms with Crippen LogP contribution in [0.5, 0.6) is 0 Å². The Morgan fingerprint density at radius 1 is 1.75 bits per heavy atom. The summed E-state index contributed by atoms with van der Waals surface area (Å²) in [5, 5.41) is 8.23. The van der Waals surface area contributed by atoms with E-state index in [1.165, 1.54) is 0 Å². The number of nitrogens with zero attached hydrogens (tertiary/aromatic N) is 1. The lowest BCUT2D eigenvalue weighted by atomic mass is 10.1. The van der Waals surface area contributed by atoms with Crippen molar-refractivity contribution in [3.63, 3.8) is 0 Å². The molecule has 2 N–H and O–H groups in total. The second-order valence-corrected chi connectivity index (χ2v) is 2.47. The van der Waals surface area contributed by atoms with Crippen molar-refractivity contribution >= 4 is 5.97 Å². The summed E-state index contributed by atoms with van der Waals surface area (Å²) in [6.07, 6.45) is 1.14. The number of nitrogens with two attached hydrogens (primary N) is 1. The van der Waals surface area contributed by atoms with Crippen LogP contribution < -0.4 is 5.73 Å². The molecular weight excluding hydrogens is 156 g/mol. The van der Waals surface area contributed by atoms with Gasteiger partial charge in [-0.05, 0) is 13.3 Å². The summed E-state index contributed by atoms with van der Waals surface area (Å²) in [6, 6.07) is 1.73. The van der Waals surface area contributed by atoms with Gasteiger partial charge in [0, 0.05) is 12.5 Å². The van der Waals surface area contributed by atoms with Crippen molar-refractivity contribution in [1.29, 1.82) is 5.26 Å². The molecule has 0 aromatic rings. The molecule has 0 aromatic heterocycles. The van der Waals surface area contributed by atoms with Crippen molar-refractivity contribution in [3.8, 4) is 6.07 Å². The summed E-state index contributed by atoms with van der Waals surface area (Å²) < 4.78 is 4.69. The molecule has 0 spiro atoms. The van der Waals surface area contributed by atoms with E-state index in [4.69, 9.17) is 15.7 Å². The summed E-state index contributed by atoms with van der Waals surface area (Å²) in [5.74, 6) is -0.289. The highest BCUT2D eigenvalue weighted by Crippen LogP contribution is 1.99. The van der Waals surface area contributed by atoms with E-state index in [1.807, 2.05) is 6.07 Å². The quantitative estimate of drug-likeness (QED) is 0.612. The van der Waals surface area contributed by atoms with E-state index in [-0.39, 0.29) is 18.4 Å². The molecule has 0 bridgehead atoms. The first kappa shape index (κ1) is 10.9. The number of esters is 1. The smallest absolute Gasteiger partial charge is 0.307 e. The van der Waals surface area contributed by atoms with Crippen molar-refractivity contribution < 1.29 is 9.53 Å². The van der Waals surface area contributed by atoms with Crippen molar-refractivity contribution in [2.24, 2.45) is 5.73 Å². The first-order chi connectivity index (χ1) is 5.70. The molecule has 0 saturated carbocycles. The van der Waals surface area contributed by atoms with Crippen molar-refractivity contribution in [3.05, 3.63) is 0 Å². The third kappa shape index (κ3) is 5.69. The summed E-state index contributed by atoms with van der Waals surface area (Å²) in [5.41, 5.74) is 5.54. The fourth-order valence-electron chi connectivity index (χ4n) is 0.786. The fraction of sp³-hybridized carbons (Fsp3) is 0.750. The van der Waals surface area contributed by atoms with Gasteiger partial charge < -0.3 is 10.5 Å². The van der Waals surface area contributed by atoms with Crippen LogP contribution in [0.15, 0.2) is 0 Å². The number of hydrogen-bond donors (Lipinski definition) is 1. The predicted molar refractivity (Wildman–Crippen MR) is 44.1 cm³/mol. The van der Waals surface area contributed by atoms with Crippen LogP contribution >= 0.6 is 0 Å². The van der Waals surface area contributed by atoms with Crippen LogP contribution in [0.4, 0.5) is 0 Å². The Kier molecular flexibility index (Phi) is 6.02. The molecule has 0 heterocycles. The van der Waals surface area contributed by atoms with E-state index in [0.29, 0.717) is 19.4 Å². The molecule has 4 nitrogen and oxygen atoms in total. The average Bonchev–Trinajstić information content (AvgIpc) is 2.01. The summed E-state index contributed by atoms with van der Waals surface area (Å²) in [6.45, 7) is 2.13. The summed E-state index contributed by atoms with van der Waals surface area (Å²) in [4.78, 5) is 10.8. The highest BCUT2D eigenvalue weighted by molar-refractivity contribution is 5.70. The maximum Gasteiger partial charge on any atom is 0.307 e. The molecule has 0 radical (unpaired) electrons. The highest BCUT2D eigenvalue weighted by atomic mass is 16.5. The SMILES string of the molecule is CCOC(=O)CC(N)CCC#N. The first-order valence-electron chi connectivity index (χ1n) is 3.98. The summed E-state index contributed by atoms with van der Waals surface area (Å²) >= 11 is 0. The minimum Gasteiger partial charge on any atom is -0.466 e. The van der Waals surface area contributed by atoms with Crippen molar-refractivity contribution in [1.82, 2.24) is 0 Å². The van der Waals surface area contributed by atoms with Gasteiger partial charge in [0.15, 0.2) is 0 Å². The van der Waals surface area contributed by atoms with Gasteiger partial charge in [-0.3, -0.25) is 4.79 Å². The molecule has 12 heavy (non-hydrogen) atoms. The predicted octanol–water partition coefficient (Wildman–Crippen LogP) is 0.571. The standard InChI is InChI=1S/C8H14N2O2/c1-2-12-8(11)6-7(10)4-3-5-9/h7H,2-4,6,10H2,1H3. The molecule has 0 aliphatic carbocycles. The van der Waals surface area contributed by atoms with E-state index in [2.05, 4.69) is 0 Å². The van der Waals surface area contributed by atoms with Crippen LogP contribution in [0.2, 0.25) is 0 Å². The largest absolute Gasteiger partial charge is 0.466 e. The number of ether oxygens (including phenoxy) is 1. The molecular formula is C8H14N2O2. The number of rotatable bonds is 5. The first-order valence-corrected chi connectivity index (χ1v) is 3.98. The van der Waals surface area contributed by atoms with E-state index >= 15 is 0 Å². The zero-order valence-corrected chi connectivity index (χ0v) is 7.25. The third-order valence-corrected chi connectivity index (χ3v) is 1.36. The zero-order chi connectivity index (χ0) is 9.40. The molecule has 0 amide bonds. The van der Waals surface area contributed by atoms with Gasteiger partial charge in [0.05, 0.1) is 19.1 Å². The number of hydrogen-bond acceptors (Lipinski definition) is 4. The Bertz CT molecular complexity index is 174. The molecule has 1 atom stereocenters. The van der Waals surface area contributed by atoms with Crippen LogP contribution in [0, 0.1) is 11.3 Å². The van der Waals surface area contributed by atoms with Gasteiger partial charge in [-0.15, -0.1) is 0 Å². The van der Waals surface area contributed by atoms with E-state index < -0.39 is 0 Å². The molecule has 0 rings (SSSR count). The molecule has 0 aliphatic heterocycles. The van der Waals surface area contributed by atoms with Crippen molar-refractivity contribution in [2.45, 2.75) is 32.2 Å². The second kappa shape index (κ2) is 6.62. The van der Waals surface area contributed by atoms with Gasteiger partial charge in [0.1, 0.15) is 0 Å². The number of carbonyl (C=O) groups excluding carboxylic acids is 1. The van der Waals surface area contributed by atoms with E-state index in [0.717, 1.165) is 0 Å². The molecule has 68 valence electrons. The molecule has 0 saturated heterocycles. The van der Waals surface area contributed by atoms with Gasteiger partial charge in [-0.25, -0.2) is 0 Å². The third-order valence-electron chi connectivity index (χ3n) is 1.36. The minimum atomic E-state index is -0.289. The van der Waals surface area contributed by atoms with Gasteiger partial charge in [-0.1, -0.05) is 0 Å². The maximum absolute atomic E-state index is 10.8. The lowest BCUT2D eigenvalue weighted by Gasteiger charge is -2.07. The zero-order valence-electron chi connectivity index (χ0n) is 7.25.